The lowest BCUT2D eigenvalue weighted by atomic mass is 10.2. The summed E-state index contributed by atoms with van der Waals surface area (Å²) in [4.78, 5) is 4.50. The number of aromatic nitrogens is 7. The maximum atomic E-state index is 4.50. The van der Waals surface area contributed by atoms with Gasteiger partial charge in [-0.1, -0.05) is 48.2 Å². The van der Waals surface area contributed by atoms with Crippen molar-refractivity contribution >= 4 is 23.9 Å². The molecule has 2 heterocycles. The molecule has 3 aromatic rings. The lowest BCUT2D eigenvalue weighted by Gasteiger charge is -2.08. The summed E-state index contributed by atoms with van der Waals surface area (Å²) < 4.78 is 1.93. The summed E-state index contributed by atoms with van der Waals surface area (Å²) in [5, 5.41) is 20.1. The topological polar surface area (TPSA) is 85.2 Å². The molecule has 1 aliphatic carbocycles. The second-order valence-electron chi connectivity index (χ2n) is 5.72. The third-order valence-electron chi connectivity index (χ3n) is 3.77. The number of thioether (sulfide) groups is 1. The highest BCUT2D eigenvalue weighted by Gasteiger charge is 2.30. The second-order valence-corrected chi connectivity index (χ2v) is 7.03. The molecule has 1 aliphatic rings. The predicted octanol–water partition coefficient (Wildman–Crippen LogP) is 3.15. The molecule has 0 bridgehead atoms. The maximum absolute atomic E-state index is 4.50. The Bertz CT molecular complexity index is 835. The van der Waals surface area contributed by atoms with E-state index < -0.39 is 0 Å². The number of hydrogen-bond donors (Lipinski definition) is 1. The van der Waals surface area contributed by atoms with Gasteiger partial charge in [0.15, 0.2) is 5.82 Å². The van der Waals surface area contributed by atoms with Crippen LogP contribution in [-0.2, 0) is 0 Å². The van der Waals surface area contributed by atoms with E-state index in [2.05, 4.69) is 37.6 Å². The number of aromatic amines is 1. The largest absolute Gasteiger partial charge is 0.259 e. The molecule has 1 aromatic carbocycles. The molecule has 0 radical (unpaired) electrons. The SMILES string of the molecule is C[C@@H](Sc1n[nH]c(/C=C/c2ccccc2)n1)c1nnnn1C1CC1. The van der Waals surface area contributed by atoms with Gasteiger partial charge in [0.25, 0.3) is 0 Å². The summed E-state index contributed by atoms with van der Waals surface area (Å²) in [6.07, 6.45) is 6.24. The maximum Gasteiger partial charge on any atom is 0.209 e. The molecule has 0 aliphatic heterocycles. The predicted molar refractivity (Wildman–Crippen MR) is 92.1 cm³/mol. The number of H-pyrrole nitrogens is 1. The van der Waals surface area contributed by atoms with E-state index in [1.807, 2.05) is 47.2 Å². The minimum Gasteiger partial charge on any atom is -0.259 e. The van der Waals surface area contributed by atoms with Crippen molar-refractivity contribution in [2.75, 3.05) is 0 Å². The van der Waals surface area contributed by atoms with Crippen LogP contribution in [0, 0.1) is 0 Å². The minimum atomic E-state index is 0.0994. The van der Waals surface area contributed by atoms with E-state index in [0.29, 0.717) is 11.2 Å². The average Bonchev–Trinajstić information content (AvgIpc) is 3.16. The molecule has 1 atom stereocenters. The molecule has 7 nitrogen and oxygen atoms in total. The first kappa shape index (κ1) is 15.1. The van der Waals surface area contributed by atoms with Gasteiger partial charge in [0.05, 0.1) is 11.3 Å². The lowest BCUT2D eigenvalue weighted by molar-refractivity contribution is 0.583. The van der Waals surface area contributed by atoms with Gasteiger partial charge in [-0.2, -0.15) is 0 Å². The van der Waals surface area contributed by atoms with Gasteiger partial charge < -0.3 is 0 Å². The second kappa shape index (κ2) is 6.56. The van der Waals surface area contributed by atoms with Gasteiger partial charge in [-0.25, -0.2) is 9.67 Å². The van der Waals surface area contributed by atoms with Crippen LogP contribution in [-0.4, -0.2) is 35.4 Å². The zero-order valence-electron chi connectivity index (χ0n) is 13.2. The Hall–Kier alpha value is -2.48. The standard InChI is InChI=1S/C16H17N7S/c1-11(15-19-21-22-23(15)13-8-9-13)24-16-17-14(18-20-16)10-7-12-5-3-2-4-6-12/h2-7,10-11,13H,8-9H2,1H3,(H,17,18,20)/b10-7+/t11-/m1/s1. The minimum absolute atomic E-state index is 0.0994. The van der Waals surface area contributed by atoms with Crippen LogP contribution in [0.2, 0.25) is 0 Å². The van der Waals surface area contributed by atoms with Crippen LogP contribution in [0.1, 0.15) is 48.3 Å². The molecule has 8 heteroatoms. The summed E-state index contributed by atoms with van der Waals surface area (Å²) in [7, 11) is 0. The van der Waals surface area contributed by atoms with Crippen LogP contribution >= 0.6 is 11.8 Å². The quantitative estimate of drug-likeness (QED) is 0.694. The highest BCUT2D eigenvalue weighted by molar-refractivity contribution is 7.99. The van der Waals surface area contributed by atoms with Gasteiger partial charge in [0.2, 0.25) is 5.16 Å². The molecule has 2 aromatic heterocycles. The number of benzene rings is 1. The van der Waals surface area contributed by atoms with Gasteiger partial charge in [-0.05, 0) is 41.8 Å². The van der Waals surface area contributed by atoms with E-state index >= 15 is 0 Å². The molecule has 0 spiro atoms. The molecular weight excluding hydrogens is 322 g/mol. The van der Waals surface area contributed by atoms with Crippen LogP contribution in [0.25, 0.3) is 12.2 Å². The van der Waals surface area contributed by atoms with Gasteiger partial charge in [-0.3, -0.25) is 5.10 Å². The van der Waals surface area contributed by atoms with Gasteiger partial charge in [0, 0.05) is 0 Å². The molecule has 4 rings (SSSR count). The fraction of sp³-hybridized carbons (Fsp3) is 0.312. The number of tetrazole rings is 1. The van der Waals surface area contributed by atoms with E-state index in [4.69, 9.17) is 0 Å². The summed E-state index contributed by atoms with van der Waals surface area (Å²) in [6.45, 7) is 2.07. The number of nitrogens with zero attached hydrogens (tertiary/aromatic N) is 6. The Morgan fingerprint density at radius 2 is 2.08 bits per heavy atom. The highest BCUT2D eigenvalue weighted by Crippen LogP contribution is 2.38. The zero-order valence-corrected chi connectivity index (χ0v) is 14.0. The molecule has 1 fully saturated rings. The smallest absolute Gasteiger partial charge is 0.209 e. The van der Waals surface area contributed by atoms with E-state index in [1.54, 1.807) is 11.8 Å². The number of hydrogen-bond acceptors (Lipinski definition) is 6. The van der Waals surface area contributed by atoms with Crippen molar-refractivity contribution in [3.8, 4) is 0 Å². The summed E-state index contributed by atoms with van der Waals surface area (Å²) in [5.41, 5.74) is 1.13. The Morgan fingerprint density at radius 3 is 2.88 bits per heavy atom. The summed E-state index contributed by atoms with van der Waals surface area (Å²) in [6, 6.07) is 10.6. The van der Waals surface area contributed by atoms with E-state index in [0.717, 1.165) is 30.1 Å². The van der Waals surface area contributed by atoms with Crippen LogP contribution in [0.5, 0.6) is 0 Å². The lowest BCUT2D eigenvalue weighted by Crippen LogP contribution is -2.05. The molecule has 0 amide bonds. The summed E-state index contributed by atoms with van der Waals surface area (Å²) in [5.74, 6) is 1.61. The van der Waals surface area contributed by atoms with E-state index in [-0.39, 0.29) is 5.25 Å². The molecule has 0 saturated heterocycles. The van der Waals surface area contributed by atoms with Crippen molar-refractivity contribution < 1.29 is 0 Å². The van der Waals surface area contributed by atoms with Gasteiger partial charge in [0.1, 0.15) is 5.82 Å². The third-order valence-corrected chi connectivity index (χ3v) is 4.73. The first-order chi connectivity index (χ1) is 11.8. The number of nitrogens with one attached hydrogen (secondary N) is 1. The molecule has 122 valence electrons. The molecule has 24 heavy (non-hydrogen) atoms. The van der Waals surface area contributed by atoms with Crippen molar-refractivity contribution in [3.05, 3.63) is 47.5 Å². The molecular formula is C16H17N7S. The van der Waals surface area contributed by atoms with Crippen molar-refractivity contribution in [3.63, 3.8) is 0 Å². The highest BCUT2D eigenvalue weighted by atomic mass is 32.2. The van der Waals surface area contributed by atoms with Crippen molar-refractivity contribution in [1.29, 1.82) is 0 Å². The first-order valence-electron chi connectivity index (χ1n) is 7.89. The van der Waals surface area contributed by atoms with E-state index in [9.17, 15) is 0 Å². The van der Waals surface area contributed by atoms with Crippen LogP contribution in [0.4, 0.5) is 0 Å². The van der Waals surface area contributed by atoms with Crippen molar-refractivity contribution in [2.24, 2.45) is 0 Å². The number of rotatable bonds is 6. The average molecular weight is 339 g/mol. The molecule has 1 saturated carbocycles. The van der Waals surface area contributed by atoms with Crippen molar-refractivity contribution in [1.82, 2.24) is 35.4 Å². The monoisotopic (exact) mass is 339 g/mol. The zero-order chi connectivity index (χ0) is 16.4. The Balaban J connectivity index is 1.43. The Morgan fingerprint density at radius 1 is 1.25 bits per heavy atom. The Kier molecular flexibility index (Phi) is 4.12. The van der Waals surface area contributed by atoms with Crippen molar-refractivity contribution in [2.45, 2.75) is 36.2 Å². The van der Waals surface area contributed by atoms with Crippen LogP contribution in [0.15, 0.2) is 35.5 Å². The van der Waals surface area contributed by atoms with Gasteiger partial charge in [-0.15, -0.1) is 10.2 Å². The van der Waals surface area contributed by atoms with Crippen LogP contribution in [0.3, 0.4) is 0 Å². The van der Waals surface area contributed by atoms with Crippen LogP contribution < -0.4 is 0 Å². The van der Waals surface area contributed by atoms with E-state index in [1.165, 1.54) is 0 Å². The third kappa shape index (κ3) is 3.38. The molecule has 1 N–H and O–H groups in total. The summed E-state index contributed by atoms with van der Waals surface area (Å²) >= 11 is 1.55. The Labute approximate surface area is 143 Å². The fourth-order valence-electron chi connectivity index (χ4n) is 2.38. The molecule has 0 unspecified atom stereocenters. The fourth-order valence-corrected chi connectivity index (χ4v) is 3.21. The normalized spacial score (nSPS) is 15.9. The van der Waals surface area contributed by atoms with Gasteiger partial charge >= 0.3 is 0 Å². The first-order valence-corrected chi connectivity index (χ1v) is 8.77.